The first-order chi connectivity index (χ1) is 9.22. The molecule has 1 aliphatic rings. The van der Waals surface area contributed by atoms with Gasteiger partial charge in [0.25, 0.3) is 0 Å². The van der Waals surface area contributed by atoms with E-state index in [1.54, 1.807) is 0 Å². The molecule has 0 atom stereocenters. The van der Waals surface area contributed by atoms with Crippen LogP contribution < -0.4 is 16.0 Å². The molecule has 0 radical (unpaired) electrons. The van der Waals surface area contributed by atoms with Crippen LogP contribution in [0.3, 0.4) is 0 Å². The highest BCUT2D eigenvalue weighted by atomic mass is 16.1. The van der Waals surface area contributed by atoms with E-state index in [4.69, 9.17) is 5.73 Å². The number of hydrogen-bond donors (Lipinski definition) is 2. The SMILES string of the molecule is CN(c1ccccc1NC(=O)CCN)C1CCCC1. The van der Waals surface area contributed by atoms with Crippen molar-refractivity contribution >= 4 is 17.3 Å². The fourth-order valence-electron chi connectivity index (χ4n) is 2.72. The molecule has 0 aromatic heterocycles. The molecule has 4 nitrogen and oxygen atoms in total. The van der Waals surface area contributed by atoms with Crippen molar-refractivity contribution in [2.24, 2.45) is 5.73 Å². The van der Waals surface area contributed by atoms with Gasteiger partial charge in [0.2, 0.25) is 5.91 Å². The zero-order chi connectivity index (χ0) is 13.7. The Morgan fingerprint density at radius 2 is 2.05 bits per heavy atom. The highest BCUT2D eigenvalue weighted by molar-refractivity contribution is 5.94. The van der Waals surface area contributed by atoms with Crippen molar-refractivity contribution in [1.82, 2.24) is 0 Å². The van der Waals surface area contributed by atoms with Crippen molar-refractivity contribution in [3.63, 3.8) is 0 Å². The number of nitrogens with one attached hydrogen (secondary N) is 1. The van der Waals surface area contributed by atoms with Crippen LogP contribution in [0, 0.1) is 0 Å². The minimum atomic E-state index is -0.0187. The van der Waals surface area contributed by atoms with Crippen molar-refractivity contribution < 1.29 is 4.79 Å². The Balaban J connectivity index is 2.13. The first-order valence-electron chi connectivity index (χ1n) is 7.04. The van der Waals surface area contributed by atoms with Gasteiger partial charge in [-0.3, -0.25) is 4.79 Å². The van der Waals surface area contributed by atoms with E-state index in [-0.39, 0.29) is 5.91 Å². The Morgan fingerprint density at radius 1 is 1.37 bits per heavy atom. The van der Waals surface area contributed by atoms with Crippen LogP contribution in [-0.4, -0.2) is 25.5 Å². The zero-order valence-corrected chi connectivity index (χ0v) is 11.6. The minimum Gasteiger partial charge on any atom is -0.370 e. The van der Waals surface area contributed by atoms with Crippen LogP contribution >= 0.6 is 0 Å². The lowest BCUT2D eigenvalue weighted by atomic mass is 10.1. The second-order valence-corrected chi connectivity index (χ2v) is 5.15. The third kappa shape index (κ3) is 3.47. The van der Waals surface area contributed by atoms with Gasteiger partial charge in [0.1, 0.15) is 0 Å². The first kappa shape index (κ1) is 13.9. The quantitative estimate of drug-likeness (QED) is 0.855. The van der Waals surface area contributed by atoms with E-state index in [1.807, 2.05) is 18.2 Å². The van der Waals surface area contributed by atoms with Crippen molar-refractivity contribution in [2.75, 3.05) is 23.8 Å². The molecule has 2 rings (SSSR count). The summed E-state index contributed by atoms with van der Waals surface area (Å²) < 4.78 is 0. The Bertz CT molecular complexity index is 427. The monoisotopic (exact) mass is 261 g/mol. The van der Waals surface area contributed by atoms with Gasteiger partial charge in [-0.15, -0.1) is 0 Å². The Morgan fingerprint density at radius 3 is 2.74 bits per heavy atom. The second-order valence-electron chi connectivity index (χ2n) is 5.15. The van der Waals surface area contributed by atoms with Gasteiger partial charge in [-0.25, -0.2) is 0 Å². The molecule has 104 valence electrons. The molecule has 0 saturated heterocycles. The molecule has 0 unspecified atom stereocenters. The summed E-state index contributed by atoms with van der Waals surface area (Å²) in [5, 5.41) is 2.96. The van der Waals surface area contributed by atoms with Crippen LogP contribution in [0.5, 0.6) is 0 Å². The topological polar surface area (TPSA) is 58.4 Å². The summed E-state index contributed by atoms with van der Waals surface area (Å²) in [5.74, 6) is -0.0187. The number of amides is 1. The zero-order valence-electron chi connectivity index (χ0n) is 11.6. The molecule has 3 N–H and O–H groups in total. The maximum absolute atomic E-state index is 11.7. The van der Waals surface area contributed by atoms with E-state index in [2.05, 4.69) is 23.3 Å². The molecule has 0 spiro atoms. The average Bonchev–Trinajstić information content (AvgIpc) is 2.93. The fourth-order valence-corrected chi connectivity index (χ4v) is 2.72. The molecule has 1 aromatic carbocycles. The lowest BCUT2D eigenvalue weighted by molar-refractivity contribution is -0.116. The van der Waals surface area contributed by atoms with Crippen LogP contribution in [-0.2, 0) is 4.79 Å². The first-order valence-corrected chi connectivity index (χ1v) is 7.04. The molecule has 1 saturated carbocycles. The highest BCUT2D eigenvalue weighted by Gasteiger charge is 2.21. The van der Waals surface area contributed by atoms with Crippen LogP contribution in [0.4, 0.5) is 11.4 Å². The number of benzene rings is 1. The van der Waals surface area contributed by atoms with E-state index in [0.717, 1.165) is 11.4 Å². The molecule has 0 heterocycles. The highest BCUT2D eigenvalue weighted by Crippen LogP contribution is 2.31. The van der Waals surface area contributed by atoms with Crippen molar-refractivity contribution in [1.29, 1.82) is 0 Å². The number of carbonyl (C=O) groups is 1. The van der Waals surface area contributed by atoms with Gasteiger partial charge in [-0.2, -0.15) is 0 Å². The maximum atomic E-state index is 11.7. The molecule has 0 aliphatic heterocycles. The molecule has 1 amide bonds. The van der Waals surface area contributed by atoms with Crippen molar-refractivity contribution in [3.05, 3.63) is 24.3 Å². The van der Waals surface area contributed by atoms with Gasteiger partial charge in [0.05, 0.1) is 11.4 Å². The summed E-state index contributed by atoms with van der Waals surface area (Å²) in [7, 11) is 2.11. The number of nitrogens with zero attached hydrogens (tertiary/aromatic N) is 1. The molecule has 1 fully saturated rings. The molecule has 19 heavy (non-hydrogen) atoms. The number of rotatable bonds is 5. The maximum Gasteiger partial charge on any atom is 0.225 e. The van der Waals surface area contributed by atoms with E-state index in [9.17, 15) is 4.79 Å². The smallest absolute Gasteiger partial charge is 0.225 e. The number of para-hydroxylation sites is 2. The molecular formula is C15H23N3O. The van der Waals surface area contributed by atoms with Crippen LogP contribution in [0.25, 0.3) is 0 Å². The van der Waals surface area contributed by atoms with Crippen LogP contribution in [0.1, 0.15) is 32.1 Å². The number of hydrogen-bond acceptors (Lipinski definition) is 3. The van der Waals surface area contributed by atoms with Gasteiger partial charge in [-0.05, 0) is 25.0 Å². The van der Waals surface area contributed by atoms with E-state index >= 15 is 0 Å². The van der Waals surface area contributed by atoms with Crippen LogP contribution in [0.2, 0.25) is 0 Å². The summed E-state index contributed by atoms with van der Waals surface area (Å²) in [6.45, 7) is 0.381. The summed E-state index contributed by atoms with van der Waals surface area (Å²) in [4.78, 5) is 14.0. The lowest BCUT2D eigenvalue weighted by Gasteiger charge is -2.28. The van der Waals surface area contributed by atoms with E-state index < -0.39 is 0 Å². The largest absolute Gasteiger partial charge is 0.370 e. The molecule has 1 aromatic rings. The van der Waals surface area contributed by atoms with Crippen LogP contribution in [0.15, 0.2) is 24.3 Å². The summed E-state index contributed by atoms with van der Waals surface area (Å²) >= 11 is 0. The number of carbonyl (C=O) groups excluding carboxylic acids is 1. The fraction of sp³-hybridized carbons (Fsp3) is 0.533. The minimum absolute atomic E-state index is 0.0187. The number of anilines is 2. The third-order valence-electron chi connectivity index (χ3n) is 3.80. The Labute approximate surface area is 115 Å². The van der Waals surface area contributed by atoms with Gasteiger partial charge in [0, 0.05) is 26.1 Å². The van der Waals surface area contributed by atoms with E-state index in [0.29, 0.717) is 19.0 Å². The molecule has 0 bridgehead atoms. The van der Waals surface area contributed by atoms with Gasteiger partial charge in [-0.1, -0.05) is 25.0 Å². The predicted molar refractivity (Wildman–Crippen MR) is 79.4 cm³/mol. The Kier molecular flexibility index (Phi) is 4.80. The van der Waals surface area contributed by atoms with E-state index in [1.165, 1.54) is 25.7 Å². The van der Waals surface area contributed by atoms with Crippen molar-refractivity contribution in [2.45, 2.75) is 38.1 Å². The molecular weight excluding hydrogens is 238 g/mol. The van der Waals surface area contributed by atoms with Gasteiger partial charge < -0.3 is 16.0 Å². The standard InChI is InChI=1S/C15H23N3O/c1-18(12-6-2-3-7-12)14-9-5-4-8-13(14)17-15(19)10-11-16/h4-5,8-9,12H,2-3,6-7,10-11,16H2,1H3,(H,17,19). The molecule has 4 heteroatoms. The summed E-state index contributed by atoms with van der Waals surface area (Å²) in [6.07, 6.45) is 5.44. The number of nitrogens with two attached hydrogens (primary N) is 1. The average molecular weight is 261 g/mol. The van der Waals surface area contributed by atoms with Crippen molar-refractivity contribution in [3.8, 4) is 0 Å². The Hall–Kier alpha value is -1.55. The lowest BCUT2D eigenvalue weighted by Crippen LogP contribution is -2.30. The van der Waals surface area contributed by atoms with Gasteiger partial charge >= 0.3 is 0 Å². The summed E-state index contributed by atoms with van der Waals surface area (Å²) in [6, 6.07) is 8.57. The summed E-state index contributed by atoms with van der Waals surface area (Å²) in [5.41, 5.74) is 7.39. The third-order valence-corrected chi connectivity index (χ3v) is 3.80. The van der Waals surface area contributed by atoms with Gasteiger partial charge in [0.15, 0.2) is 0 Å². The second kappa shape index (κ2) is 6.57. The predicted octanol–water partition coefficient (Wildman–Crippen LogP) is 2.35. The molecule has 1 aliphatic carbocycles. The normalized spacial score (nSPS) is 15.5.